The minimum atomic E-state index is -4.57. The molecule has 0 fully saturated rings. The Morgan fingerprint density at radius 2 is 1.77 bits per heavy atom. The summed E-state index contributed by atoms with van der Waals surface area (Å²) in [5.41, 5.74) is -0.529. The van der Waals surface area contributed by atoms with Crippen molar-refractivity contribution < 1.29 is 17.4 Å². The fourth-order valence-electron chi connectivity index (χ4n) is 2.40. The Morgan fingerprint density at radius 1 is 1.12 bits per heavy atom. The molecule has 8 heteroatoms. The van der Waals surface area contributed by atoms with Crippen LogP contribution in [0.4, 0.5) is 13.2 Å². The number of benzene rings is 1. The Morgan fingerprint density at radius 3 is 2.31 bits per heavy atom. The van der Waals surface area contributed by atoms with Gasteiger partial charge in [0.05, 0.1) is 21.3 Å². The van der Waals surface area contributed by atoms with Crippen LogP contribution in [0.2, 0.25) is 10.0 Å². The van der Waals surface area contributed by atoms with Gasteiger partial charge in [-0.2, -0.15) is 13.2 Å². The van der Waals surface area contributed by atoms with Gasteiger partial charge in [-0.3, -0.25) is 9.19 Å². The fraction of sp³-hybridized carbons (Fsp3) is 0.389. The van der Waals surface area contributed by atoms with Gasteiger partial charge in [0.25, 0.3) is 0 Å². The van der Waals surface area contributed by atoms with E-state index in [0.29, 0.717) is 10.6 Å². The first-order valence-corrected chi connectivity index (χ1v) is 9.84. The second-order valence-electron chi connectivity index (χ2n) is 6.78. The molecule has 0 N–H and O–H groups in total. The first kappa shape index (κ1) is 21.2. The third-order valence-corrected chi connectivity index (χ3v) is 6.56. The molecule has 0 saturated carbocycles. The third-order valence-electron chi connectivity index (χ3n) is 3.82. The highest BCUT2D eigenvalue weighted by Gasteiger charge is 2.37. The van der Waals surface area contributed by atoms with Crippen LogP contribution in [0, 0.1) is 0 Å². The van der Waals surface area contributed by atoms with Crippen molar-refractivity contribution in [1.29, 1.82) is 0 Å². The number of aromatic nitrogens is 1. The summed E-state index contributed by atoms with van der Waals surface area (Å²) in [5.74, 6) is -0.843. The topological polar surface area (TPSA) is 30.0 Å². The van der Waals surface area contributed by atoms with Gasteiger partial charge >= 0.3 is 6.18 Å². The molecule has 1 aromatic carbocycles. The Kier molecular flexibility index (Phi) is 6.41. The van der Waals surface area contributed by atoms with Crippen LogP contribution in [-0.4, -0.2) is 19.7 Å². The number of halogens is 5. The highest BCUT2D eigenvalue weighted by Crippen LogP contribution is 2.38. The molecule has 0 bridgehead atoms. The maximum Gasteiger partial charge on any atom is 0.418 e. The van der Waals surface area contributed by atoms with E-state index in [9.17, 15) is 17.4 Å². The van der Waals surface area contributed by atoms with Crippen molar-refractivity contribution in [2.45, 2.75) is 37.6 Å². The maximum absolute atomic E-state index is 13.5. The molecule has 142 valence electrons. The van der Waals surface area contributed by atoms with Gasteiger partial charge in [-0.1, -0.05) is 29.3 Å². The van der Waals surface area contributed by atoms with Crippen LogP contribution in [-0.2, 0) is 17.0 Å². The summed E-state index contributed by atoms with van der Waals surface area (Å²) in [5, 5.41) is 0.517. The zero-order chi connectivity index (χ0) is 19.7. The molecule has 0 aliphatic heterocycles. The van der Waals surface area contributed by atoms with Gasteiger partial charge in [0.2, 0.25) is 0 Å². The molecule has 1 aromatic heterocycles. The van der Waals surface area contributed by atoms with Crippen molar-refractivity contribution in [3.05, 3.63) is 63.4 Å². The monoisotopic (exact) mass is 423 g/mol. The number of hydrogen-bond donors (Lipinski definition) is 0. The average Bonchev–Trinajstić information content (AvgIpc) is 2.53. The van der Waals surface area contributed by atoms with Crippen molar-refractivity contribution in [2.24, 2.45) is 0 Å². The molecule has 0 aliphatic rings. The SMILES string of the molecule is CC(C)(C)[S@](=O)C[C@@H](c1ccc(Cl)c(Cl)c1)c1ncccc1C(F)(F)F. The summed E-state index contributed by atoms with van der Waals surface area (Å²) in [6, 6.07) is 6.82. The van der Waals surface area contributed by atoms with Crippen LogP contribution in [0.25, 0.3) is 0 Å². The molecule has 0 unspecified atom stereocenters. The molecule has 0 saturated heterocycles. The van der Waals surface area contributed by atoms with Gasteiger partial charge in [-0.15, -0.1) is 0 Å². The smallest absolute Gasteiger partial charge is 0.260 e. The highest BCUT2D eigenvalue weighted by molar-refractivity contribution is 7.86. The maximum atomic E-state index is 13.5. The summed E-state index contributed by atoms with van der Waals surface area (Å²) in [6.45, 7) is 5.33. The van der Waals surface area contributed by atoms with Crippen molar-refractivity contribution >= 4 is 34.0 Å². The van der Waals surface area contributed by atoms with E-state index in [1.165, 1.54) is 24.4 Å². The number of nitrogens with zero attached hydrogens (tertiary/aromatic N) is 1. The summed E-state index contributed by atoms with van der Waals surface area (Å²) in [7, 11) is -1.40. The Bertz CT molecular complexity index is 819. The molecule has 26 heavy (non-hydrogen) atoms. The molecule has 0 aliphatic carbocycles. The highest BCUT2D eigenvalue weighted by atomic mass is 35.5. The van der Waals surface area contributed by atoms with Crippen molar-refractivity contribution in [3.63, 3.8) is 0 Å². The van der Waals surface area contributed by atoms with E-state index in [1.807, 2.05) is 0 Å². The summed E-state index contributed by atoms with van der Waals surface area (Å²) in [6.07, 6.45) is -3.27. The van der Waals surface area contributed by atoms with Gasteiger partial charge in [0, 0.05) is 33.4 Å². The van der Waals surface area contributed by atoms with E-state index in [4.69, 9.17) is 23.2 Å². The average molecular weight is 424 g/mol. The predicted molar refractivity (Wildman–Crippen MR) is 100 cm³/mol. The molecule has 2 nitrogen and oxygen atoms in total. The second kappa shape index (κ2) is 7.87. The van der Waals surface area contributed by atoms with Crippen LogP contribution in [0.3, 0.4) is 0 Å². The lowest BCUT2D eigenvalue weighted by atomic mass is 9.93. The first-order valence-electron chi connectivity index (χ1n) is 7.77. The Hall–Kier alpha value is -1.11. The van der Waals surface area contributed by atoms with Crippen molar-refractivity contribution in [2.75, 3.05) is 5.75 Å². The molecule has 0 amide bonds. The standard InChI is InChI=1S/C18H18Cl2F3NOS/c1-17(2,3)26(25)10-12(11-6-7-14(19)15(20)9-11)16-13(18(21,22)23)5-4-8-24-16/h4-9,12H,10H2,1-3H3/t12-,26+/m0/s1. The fourth-order valence-corrected chi connectivity index (χ4v) is 3.86. The van der Waals surface area contributed by atoms with E-state index in [-0.39, 0.29) is 16.5 Å². The van der Waals surface area contributed by atoms with Crippen LogP contribution in [0.1, 0.15) is 43.5 Å². The van der Waals surface area contributed by atoms with Crippen molar-refractivity contribution in [3.8, 4) is 0 Å². The zero-order valence-corrected chi connectivity index (χ0v) is 16.7. The Balaban J connectivity index is 2.62. The van der Waals surface area contributed by atoms with Crippen LogP contribution in [0.15, 0.2) is 36.5 Å². The summed E-state index contributed by atoms with van der Waals surface area (Å²) in [4.78, 5) is 3.98. The lowest BCUT2D eigenvalue weighted by molar-refractivity contribution is -0.138. The van der Waals surface area contributed by atoms with E-state index < -0.39 is 33.2 Å². The molecule has 2 aromatic rings. The molecule has 2 rings (SSSR count). The third kappa shape index (κ3) is 4.99. The summed E-state index contributed by atoms with van der Waals surface area (Å²) < 4.78 is 52.5. The molecular weight excluding hydrogens is 406 g/mol. The van der Waals surface area contributed by atoms with Gasteiger partial charge in [0.15, 0.2) is 0 Å². The van der Waals surface area contributed by atoms with E-state index in [2.05, 4.69) is 4.98 Å². The molecule has 2 atom stereocenters. The molecular formula is C18H18Cl2F3NOS. The molecule has 0 radical (unpaired) electrons. The predicted octanol–water partition coefficient (Wildman–Crippen LogP) is 6.09. The summed E-state index contributed by atoms with van der Waals surface area (Å²) >= 11 is 12.0. The lowest BCUT2D eigenvalue weighted by Crippen LogP contribution is -2.28. The Labute approximate surface area is 163 Å². The normalized spacial score (nSPS) is 14.9. The van der Waals surface area contributed by atoms with Gasteiger partial charge < -0.3 is 0 Å². The molecule has 0 spiro atoms. The lowest BCUT2D eigenvalue weighted by Gasteiger charge is -2.25. The van der Waals surface area contributed by atoms with E-state index >= 15 is 0 Å². The zero-order valence-electron chi connectivity index (χ0n) is 14.4. The van der Waals surface area contributed by atoms with E-state index in [0.717, 1.165) is 6.07 Å². The van der Waals surface area contributed by atoms with Gasteiger partial charge in [-0.25, -0.2) is 0 Å². The largest absolute Gasteiger partial charge is 0.418 e. The second-order valence-corrected chi connectivity index (χ2v) is 9.85. The molecule has 1 heterocycles. The van der Waals surface area contributed by atoms with E-state index in [1.54, 1.807) is 26.8 Å². The van der Waals surface area contributed by atoms with Gasteiger partial charge in [0.1, 0.15) is 0 Å². The van der Waals surface area contributed by atoms with Gasteiger partial charge in [-0.05, 0) is 50.6 Å². The number of alkyl halides is 3. The van der Waals surface area contributed by atoms with Crippen LogP contribution < -0.4 is 0 Å². The number of rotatable bonds is 4. The minimum Gasteiger partial charge on any atom is -0.260 e. The van der Waals surface area contributed by atoms with Crippen molar-refractivity contribution in [1.82, 2.24) is 4.98 Å². The minimum absolute atomic E-state index is 0.0123. The van der Waals surface area contributed by atoms with Crippen LogP contribution in [0.5, 0.6) is 0 Å². The van der Waals surface area contributed by atoms with Crippen LogP contribution >= 0.6 is 23.2 Å². The first-order chi connectivity index (χ1) is 11.9. The number of hydrogen-bond acceptors (Lipinski definition) is 2. The number of pyridine rings is 1. The quantitative estimate of drug-likeness (QED) is 0.595.